The van der Waals surface area contributed by atoms with Crippen molar-refractivity contribution in [1.29, 1.82) is 0 Å². The van der Waals surface area contributed by atoms with Crippen molar-refractivity contribution in [2.45, 2.75) is 26.3 Å². The number of hydrogen-bond acceptors (Lipinski definition) is 6. The number of amides is 1. The Hall–Kier alpha value is -3.09. The van der Waals surface area contributed by atoms with E-state index < -0.39 is 6.04 Å². The van der Waals surface area contributed by atoms with E-state index in [-0.39, 0.29) is 17.6 Å². The standard InChI is InChI=1S/C19H21N3O4/c1-4-12(2)16(20-18(23)15-9-6-10-25-15)19-21-17(22-26-19)13-7-5-8-14(11-13)24-3/h5-12,16H,4H2,1-3H3,(H,20,23)/t12-,16+/m0/s1. The second kappa shape index (κ2) is 7.86. The van der Waals surface area contributed by atoms with Crippen LogP contribution in [-0.2, 0) is 0 Å². The molecule has 7 nitrogen and oxygen atoms in total. The second-order valence-corrected chi connectivity index (χ2v) is 6.00. The summed E-state index contributed by atoms with van der Waals surface area (Å²) in [6.07, 6.45) is 2.29. The molecule has 0 saturated heterocycles. The van der Waals surface area contributed by atoms with Gasteiger partial charge in [-0.2, -0.15) is 4.98 Å². The van der Waals surface area contributed by atoms with Crippen molar-refractivity contribution >= 4 is 5.91 Å². The highest BCUT2D eigenvalue weighted by molar-refractivity contribution is 5.91. The summed E-state index contributed by atoms with van der Waals surface area (Å²) in [4.78, 5) is 16.8. The van der Waals surface area contributed by atoms with Crippen molar-refractivity contribution < 1.29 is 18.5 Å². The maximum Gasteiger partial charge on any atom is 0.287 e. The number of ether oxygens (including phenoxy) is 1. The number of furan rings is 1. The maximum atomic E-state index is 12.4. The molecule has 0 aliphatic rings. The van der Waals surface area contributed by atoms with Crippen LogP contribution in [-0.4, -0.2) is 23.2 Å². The number of carbonyl (C=O) groups is 1. The third-order valence-corrected chi connectivity index (χ3v) is 4.28. The molecule has 0 spiro atoms. The molecular weight excluding hydrogens is 334 g/mol. The van der Waals surface area contributed by atoms with E-state index in [2.05, 4.69) is 15.5 Å². The van der Waals surface area contributed by atoms with Gasteiger partial charge in [0.2, 0.25) is 11.7 Å². The first-order valence-corrected chi connectivity index (χ1v) is 8.44. The normalized spacial score (nSPS) is 13.2. The van der Waals surface area contributed by atoms with Gasteiger partial charge in [-0.05, 0) is 30.2 Å². The number of methoxy groups -OCH3 is 1. The molecule has 136 valence electrons. The summed E-state index contributed by atoms with van der Waals surface area (Å²) in [6.45, 7) is 4.05. The Morgan fingerprint density at radius 1 is 1.31 bits per heavy atom. The summed E-state index contributed by atoms with van der Waals surface area (Å²) in [5.74, 6) is 1.54. The van der Waals surface area contributed by atoms with Crippen molar-refractivity contribution in [1.82, 2.24) is 15.5 Å². The van der Waals surface area contributed by atoms with Crippen LogP contribution in [0.25, 0.3) is 11.4 Å². The van der Waals surface area contributed by atoms with Gasteiger partial charge in [0.1, 0.15) is 11.8 Å². The van der Waals surface area contributed by atoms with Gasteiger partial charge in [-0.25, -0.2) is 0 Å². The molecule has 0 bridgehead atoms. The molecule has 1 aromatic carbocycles. The first kappa shape index (κ1) is 17.7. The molecule has 26 heavy (non-hydrogen) atoms. The molecule has 2 aromatic heterocycles. The Kier molecular flexibility index (Phi) is 5.36. The van der Waals surface area contributed by atoms with Crippen molar-refractivity contribution in [2.24, 2.45) is 5.92 Å². The van der Waals surface area contributed by atoms with E-state index >= 15 is 0 Å². The molecule has 1 amide bonds. The highest BCUT2D eigenvalue weighted by Gasteiger charge is 2.27. The molecule has 0 fully saturated rings. The second-order valence-electron chi connectivity index (χ2n) is 6.00. The number of nitrogens with zero attached hydrogens (tertiary/aromatic N) is 2. The fourth-order valence-electron chi connectivity index (χ4n) is 2.54. The van der Waals surface area contributed by atoms with E-state index in [1.807, 2.05) is 38.1 Å². The van der Waals surface area contributed by atoms with Crippen molar-refractivity contribution in [2.75, 3.05) is 7.11 Å². The molecule has 0 radical (unpaired) electrons. The summed E-state index contributed by atoms with van der Waals surface area (Å²) in [6, 6.07) is 10.3. The Morgan fingerprint density at radius 3 is 2.85 bits per heavy atom. The molecular formula is C19H21N3O4. The monoisotopic (exact) mass is 355 g/mol. The van der Waals surface area contributed by atoms with Crippen LogP contribution in [0.3, 0.4) is 0 Å². The van der Waals surface area contributed by atoms with Gasteiger partial charge in [0.15, 0.2) is 5.76 Å². The zero-order valence-electron chi connectivity index (χ0n) is 14.9. The summed E-state index contributed by atoms with van der Waals surface area (Å²) in [7, 11) is 1.60. The van der Waals surface area contributed by atoms with E-state index in [1.165, 1.54) is 6.26 Å². The first-order chi connectivity index (χ1) is 12.6. The molecule has 0 unspecified atom stereocenters. The van der Waals surface area contributed by atoms with Gasteiger partial charge in [-0.15, -0.1) is 0 Å². The lowest BCUT2D eigenvalue weighted by atomic mass is 9.99. The molecule has 3 rings (SSSR count). The SMILES string of the molecule is CC[C@H](C)[C@@H](NC(=O)c1ccco1)c1nc(-c2cccc(OC)c2)no1. The molecule has 0 aliphatic carbocycles. The van der Waals surface area contributed by atoms with Gasteiger partial charge in [0.25, 0.3) is 5.91 Å². The van der Waals surface area contributed by atoms with Crippen LogP contribution in [0.4, 0.5) is 0 Å². The fraction of sp³-hybridized carbons (Fsp3) is 0.316. The van der Waals surface area contributed by atoms with Crippen LogP contribution in [0.5, 0.6) is 5.75 Å². The minimum Gasteiger partial charge on any atom is -0.497 e. The van der Waals surface area contributed by atoms with Gasteiger partial charge in [0, 0.05) is 5.56 Å². The Morgan fingerprint density at radius 2 is 2.15 bits per heavy atom. The molecule has 7 heteroatoms. The predicted octanol–water partition coefficient (Wildman–Crippen LogP) is 3.86. The quantitative estimate of drug-likeness (QED) is 0.692. The number of rotatable bonds is 7. The minimum atomic E-state index is -0.413. The van der Waals surface area contributed by atoms with Crippen molar-refractivity contribution in [3.05, 3.63) is 54.3 Å². The molecule has 2 atom stereocenters. The average molecular weight is 355 g/mol. The summed E-state index contributed by atoms with van der Waals surface area (Å²) >= 11 is 0. The Bertz CT molecular complexity index is 857. The van der Waals surface area contributed by atoms with E-state index in [0.29, 0.717) is 17.5 Å². The number of benzene rings is 1. The molecule has 3 aromatic rings. The summed E-state index contributed by atoms with van der Waals surface area (Å²) < 4.78 is 15.8. The largest absolute Gasteiger partial charge is 0.497 e. The zero-order chi connectivity index (χ0) is 18.5. The number of carbonyl (C=O) groups excluding carboxylic acids is 1. The van der Waals surface area contributed by atoms with Gasteiger partial charge in [0.05, 0.1) is 13.4 Å². The predicted molar refractivity (Wildman–Crippen MR) is 94.7 cm³/mol. The van der Waals surface area contributed by atoms with Crippen molar-refractivity contribution in [3.63, 3.8) is 0 Å². The number of nitrogens with one attached hydrogen (secondary N) is 1. The van der Waals surface area contributed by atoms with Crippen LogP contribution >= 0.6 is 0 Å². The zero-order valence-corrected chi connectivity index (χ0v) is 14.9. The van der Waals surface area contributed by atoms with Crippen molar-refractivity contribution in [3.8, 4) is 17.1 Å². The highest BCUT2D eigenvalue weighted by Crippen LogP contribution is 2.27. The van der Waals surface area contributed by atoms with Gasteiger partial charge < -0.3 is 19.0 Å². The maximum absolute atomic E-state index is 12.4. The van der Waals surface area contributed by atoms with Gasteiger partial charge in [-0.3, -0.25) is 4.79 Å². The summed E-state index contributed by atoms with van der Waals surface area (Å²) in [5, 5.41) is 6.97. The Labute approximate surface area is 151 Å². The number of hydrogen-bond donors (Lipinski definition) is 1. The topological polar surface area (TPSA) is 90.4 Å². The average Bonchev–Trinajstić information content (AvgIpc) is 3.37. The first-order valence-electron chi connectivity index (χ1n) is 8.44. The van der Waals surface area contributed by atoms with E-state index in [9.17, 15) is 4.79 Å². The van der Waals surface area contributed by atoms with Crippen LogP contribution in [0.15, 0.2) is 51.6 Å². The smallest absolute Gasteiger partial charge is 0.287 e. The van der Waals surface area contributed by atoms with Crippen LogP contribution in [0.2, 0.25) is 0 Å². The van der Waals surface area contributed by atoms with Gasteiger partial charge >= 0.3 is 0 Å². The van der Waals surface area contributed by atoms with Crippen LogP contribution in [0, 0.1) is 5.92 Å². The minimum absolute atomic E-state index is 0.104. The molecule has 0 saturated carbocycles. The highest BCUT2D eigenvalue weighted by atomic mass is 16.5. The van der Waals surface area contributed by atoms with Gasteiger partial charge in [-0.1, -0.05) is 37.6 Å². The lowest BCUT2D eigenvalue weighted by molar-refractivity contribution is 0.0882. The van der Waals surface area contributed by atoms with Crippen LogP contribution in [0.1, 0.15) is 42.8 Å². The van der Waals surface area contributed by atoms with E-state index in [0.717, 1.165) is 12.0 Å². The molecule has 2 heterocycles. The Balaban J connectivity index is 1.85. The molecule has 1 N–H and O–H groups in total. The van der Waals surface area contributed by atoms with E-state index in [1.54, 1.807) is 19.2 Å². The lowest BCUT2D eigenvalue weighted by Gasteiger charge is -2.20. The number of aromatic nitrogens is 2. The third-order valence-electron chi connectivity index (χ3n) is 4.28. The van der Waals surface area contributed by atoms with E-state index in [4.69, 9.17) is 13.7 Å². The molecule has 0 aliphatic heterocycles. The lowest BCUT2D eigenvalue weighted by Crippen LogP contribution is -2.32. The third kappa shape index (κ3) is 3.77. The van der Waals surface area contributed by atoms with Crippen LogP contribution < -0.4 is 10.1 Å². The fourth-order valence-corrected chi connectivity index (χ4v) is 2.54. The summed E-state index contributed by atoms with van der Waals surface area (Å²) in [5.41, 5.74) is 0.777.